The Morgan fingerprint density at radius 1 is 0.958 bits per heavy atom. The predicted octanol–water partition coefficient (Wildman–Crippen LogP) is 3.13. The van der Waals surface area contributed by atoms with Gasteiger partial charge in [0.15, 0.2) is 0 Å². The molecule has 0 saturated carbocycles. The number of H-pyrrole nitrogens is 1. The van der Waals surface area contributed by atoms with Gasteiger partial charge in [-0.3, -0.25) is 9.88 Å². The third-order valence-corrected chi connectivity index (χ3v) is 5.57. The zero-order valence-electron chi connectivity index (χ0n) is 13.7. The van der Waals surface area contributed by atoms with Crippen molar-refractivity contribution < 1.29 is 0 Å². The number of para-hydroxylation sites is 1. The highest BCUT2D eigenvalue weighted by molar-refractivity contribution is 5.80. The number of hydrogen-bond donors (Lipinski definition) is 1. The molecule has 4 heterocycles. The number of aromatic amines is 1. The molecule has 0 radical (unpaired) electrons. The lowest BCUT2D eigenvalue weighted by Gasteiger charge is -2.22. The smallest absolute Gasteiger partial charge is 0.0456 e. The largest absolute Gasteiger partial charge is 0.371 e. The van der Waals surface area contributed by atoms with Gasteiger partial charge in [-0.15, -0.1) is 0 Å². The van der Waals surface area contributed by atoms with Crippen LogP contribution >= 0.6 is 0 Å². The summed E-state index contributed by atoms with van der Waals surface area (Å²) in [6.45, 7) is 5.82. The number of benzene rings is 1. The molecule has 1 N–H and O–H groups in total. The first-order chi connectivity index (χ1) is 11.8. The van der Waals surface area contributed by atoms with Gasteiger partial charge >= 0.3 is 0 Å². The van der Waals surface area contributed by atoms with Crippen LogP contribution in [0.1, 0.15) is 5.69 Å². The van der Waals surface area contributed by atoms with Crippen LogP contribution in [0.25, 0.3) is 10.9 Å². The third-order valence-electron chi connectivity index (χ3n) is 5.57. The summed E-state index contributed by atoms with van der Waals surface area (Å²) in [4.78, 5) is 12.8. The fourth-order valence-corrected chi connectivity index (χ4v) is 4.44. The zero-order valence-corrected chi connectivity index (χ0v) is 13.7. The molecule has 4 nitrogen and oxygen atoms in total. The first kappa shape index (κ1) is 14.1. The molecule has 4 heteroatoms. The van der Waals surface area contributed by atoms with E-state index in [1.54, 1.807) is 0 Å². The Morgan fingerprint density at radius 2 is 1.71 bits per heavy atom. The third kappa shape index (κ3) is 2.47. The van der Waals surface area contributed by atoms with Gasteiger partial charge < -0.3 is 9.88 Å². The lowest BCUT2D eigenvalue weighted by atomic mass is 10.0. The molecule has 2 saturated heterocycles. The van der Waals surface area contributed by atoms with Gasteiger partial charge in [0.1, 0.15) is 0 Å². The predicted molar refractivity (Wildman–Crippen MR) is 97.0 cm³/mol. The molecule has 2 aromatic heterocycles. The second-order valence-electron chi connectivity index (χ2n) is 7.21. The fraction of sp³-hybridized carbons (Fsp3) is 0.350. The Morgan fingerprint density at radius 3 is 2.46 bits per heavy atom. The number of hydrogen-bond acceptors (Lipinski definition) is 3. The van der Waals surface area contributed by atoms with E-state index in [4.69, 9.17) is 0 Å². The highest BCUT2D eigenvalue weighted by Gasteiger charge is 2.39. The van der Waals surface area contributed by atoms with Gasteiger partial charge in [-0.05, 0) is 41.5 Å². The summed E-state index contributed by atoms with van der Waals surface area (Å²) in [5, 5.41) is 1.32. The topological polar surface area (TPSA) is 35.2 Å². The van der Waals surface area contributed by atoms with Gasteiger partial charge in [-0.2, -0.15) is 0 Å². The first-order valence-electron chi connectivity index (χ1n) is 8.79. The molecule has 1 unspecified atom stereocenters. The maximum atomic E-state index is 4.13. The number of likely N-dealkylation sites (tertiary alicyclic amines) is 1. The zero-order chi connectivity index (χ0) is 15.9. The minimum Gasteiger partial charge on any atom is -0.371 e. The van der Waals surface area contributed by atoms with Crippen molar-refractivity contribution in [2.24, 2.45) is 11.8 Å². The molecule has 0 amide bonds. The second-order valence-corrected chi connectivity index (χ2v) is 7.21. The molecule has 2 atom stereocenters. The molecule has 2 aliphatic heterocycles. The van der Waals surface area contributed by atoms with Crippen LogP contribution in [0.4, 0.5) is 5.69 Å². The van der Waals surface area contributed by atoms with Crippen molar-refractivity contribution in [3.8, 4) is 0 Å². The highest BCUT2D eigenvalue weighted by Crippen LogP contribution is 2.34. The number of pyridine rings is 1. The number of rotatable bonds is 3. The van der Waals surface area contributed by atoms with Crippen molar-refractivity contribution in [2.45, 2.75) is 6.54 Å². The summed E-state index contributed by atoms with van der Waals surface area (Å²) in [6, 6.07) is 15.1. The van der Waals surface area contributed by atoms with Gasteiger partial charge in [0, 0.05) is 62.0 Å². The van der Waals surface area contributed by atoms with Crippen LogP contribution in [-0.4, -0.2) is 41.0 Å². The van der Waals surface area contributed by atoms with Crippen molar-refractivity contribution in [3.63, 3.8) is 0 Å². The fourth-order valence-electron chi connectivity index (χ4n) is 4.44. The van der Waals surface area contributed by atoms with E-state index < -0.39 is 0 Å². The Kier molecular flexibility index (Phi) is 3.30. The summed E-state index contributed by atoms with van der Waals surface area (Å²) in [5.74, 6) is 1.59. The van der Waals surface area contributed by atoms with E-state index in [-0.39, 0.29) is 0 Å². The monoisotopic (exact) mass is 318 g/mol. The van der Waals surface area contributed by atoms with Crippen LogP contribution in [0, 0.1) is 11.8 Å². The standard InChI is InChI=1S/C20H22N4/c1-2-4-20-15(3-1)9-18(22-20)14-23-10-16-12-24(13-17(16)11-23)19-5-7-21-8-6-19/h1-9,16-17,22H,10-14H2/t16-,17?/m1/s1. The quantitative estimate of drug-likeness (QED) is 0.806. The maximum absolute atomic E-state index is 4.13. The Balaban J connectivity index is 1.25. The average Bonchev–Trinajstić information content (AvgIpc) is 3.27. The van der Waals surface area contributed by atoms with Gasteiger partial charge in [0.05, 0.1) is 0 Å². The molecule has 122 valence electrons. The summed E-state index contributed by atoms with van der Waals surface area (Å²) >= 11 is 0. The van der Waals surface area contributed by atoms with E-state index in [1.165, 1.54) is 48.5 Å². The van der Waals surface area contributed by atoms with E-state index in [2.05, 4.69) is 62.2 Å². The van der Waals surface area contributed by atoms with Crippen molar-refractivity contribution in [1.29, 1.82) is 0 Å². The number of fused-ring (bicyclic) bond motifs is 2. The van der Waals surface area contributed by atoms with Crippen LogP contribution in [0.2, 0.25) is 0 Å². The van der Waals surface area contributed by atoms with Crippen LogP contribution in [0.3, 0.4) is 0 Å². The molecular formula is C20H22N4. The molecule has 3 aromatic rings. The van der Waals surface area contributed by atoms with E-state index in [0.717, 1.165) is 18.4 Å². The van der Waals surface area contributed by atoms with E-state index in [1.807, 2.05) is 12.4 Å². The Hall–Kier alpha value is -2.33. The van der Waals surface area contributed by atoms with Crippen molar-refractivity contribution in [3.05, 3.63) is 60.6 Å². The average molecular weight is 318 g/mol. The molecule has 24 heavy (non-hydrogen) atoms. The number of aromatic nitrogens is 2. The summed E-state index contributed by atoms with van der Waals surface area (Å²) in [5.41, 5.74) is 3.90. The molecule has 0 aliphatic carbocycles. The normalized spacial score (nSPS) is 23.9. The highest BCUT2D eigenvalue weighted by atomic mass is 15.2. The van der Waals surface area contributed by atoms with E-state index in [9.17, 15) is 0 Å². The van der Waals surface area contributed by atoms with Crippen LogP contribution < -0.4 is 4.90 Å². The molecule has 5 rings (SSSR count). The molecule has 0 bridgehead atoms. The number of nitrogens with one attached hydrogen (secondary N) is 1. The van der Waals surface area contributed by atoms with Crippen LogP contribution in [0.5, 0.6) is 0 Å². The van der Waals surface area contributed by atoms with Crippen LogP contribution in [0.15, 0.2) is 54.9 Å². The van der Waals surface area contributed by atoms with E-state index in [0.29, 0.717) is 0 Å². The number of nitrogens with zero attached hydrogens (tertiary/aromatic N) is 3. The summed E-state index contributed by atoms with van der Waals surface area (Å²) in [7, 11) is 0. The maximum Gasteiger partial charge on any atom is 0.0456 e. The first-order valence-corrected chi connectivity index (χ1v) is 8.79. The minimum absolute atomic E-state index is 0.794. The SMILES string of the molecule is c1ccc2[nH]c(CN3CC4CN(c5ccncc5)C[C@H]4C3)cc2c1. The van der Waals surface area contributed by atoms with Gasteiger partial charge in [-0.1, -0.05) is 18.2 Å². The summed E-state index contributed by atoms with van der Waals surface area (Å²) < 4.78 is 0. The molecular weight excluding hydrogens is 296 g/mol. The second kappa shape index (κ2) is 5.64. The molecule has 2 fully saturated rings. The van der Waals surface area contributed by atoms with Crippen LogP contribution in [-0.2, 0) is 6.54 Å². The van der Waals surface area contributed by atoms with Crippen molar-refractivity contribution in [2.75, 3.05) is 31.1 Å². The Bertz CT molecular complexity index is 794. The van der Waals surface area contributed by atoms with Crippen molar-refractivity contribution >= 4 is 16.6 Å². The number of anilines is 1. The van der Waals surface area contributed by atoms with E-state index >= 15 is 0 Å². The molecule has 0 spiro atoms. The lowest BCUT2D eigenvalue weighted by molar-refractivity contribution is 0.306. The summed E-state index contributed by atoms with van der Waals surface area (Å²) in [6.07, 6.45) is 3.79. The minimum atomic E-state index is 0.794. The van der Waals surface area contributed by atoms with Gasteiger partial charge in [0.25, 0.3) is 0 Å². The van der Waals surface area contributed by atoms with Crippen molar-refractivity contribution in [1.82, 2.24) is 14.9 Å². The Labute approximate surface area is 142 Å². The van der Waals surface area contributed by atoms with Gasteiger partial charge in [0.2, 0.25) is 0 Å². The lowest BCUT2D eigenvalue weighted by Crippen LogP contribution is -2.28. The molecule has 1 aromatic carbocycles. The molecule has 2 aliphatic rings. The van der Waals surface area contributed by atoms with Gasteiger partial charge in [-0.25, -0.2) is 0 Å².